The average Bonchev–Trinajstić information content (AvgIpc) is 2.43. The van der Waals surface area contributed by atoms with Gasteiger partial charge in [0.05, 0.1) is 0 Å². The van der Waals surface area contributed by atoms with Crippen molar-refractivity contribution in [3.8, 4) is 0 Å². The molecule has 0 fully saturated rings. The van der Waals surface area contributed by atoms with Crippen LogP contribution in [-0.2, 0) is 6.54 Å². The van der Waals surface area contributed by atoms with E-state index in [9.17, 15) is 0 Å². The number of benzene rings is 2. The van der Waals surface area contributed by atoms with Crippen molar-refractivity contribution in [3.63, 3.8) is 0 Å². The summed E-state index contributed by atoms with van der Waals surface area (Å²) in [6, 6.07) is 14.5. The summed E-state index contributed by atoms with van der Waals surface area (Å²) in [6.45, 7) is 6.22. The number of hydrogen-bond acceptors (Lipinski definition) is 2. The third kappa shape index (κ3) is 5.33. The molecule has 0 heterocycles. The number of halogens is 2. The Labute approximate surface area is 144 Å². The topological polar surface area (TPSA) is 12.0 Å². The van der Waals surface area contributed by atoms with E-state index in [0.29, 0.717) is 5.92 Å². The molecule has 1 nitrogen and oxygen atoms in total. The highest BCUT2D eigenvalue weighted by Crippen LogP contribution is 2.35. The maximum atomic E-state index is 6.39. The second kappa shape index (κ2) is 8.23. The second-order valence-electron chi connectivity index (χ2n) is 5.31. The highest BCUT2D eigenvalue weighted by atomic mass is 79.9. The van der Waals surface area contributed by atoms with Crippen LogP contribution in [0.3, 0.4) is 0 Å². The van der Waals surface area contributed by atoms with Crippen LogP contribution in [0.2, 0.25) is 5.02 Å². The summed E-state index contributed by atoms with van der Waals surface area (Å²) in [6.07, 6.45) is 0. The van der Waals surface area contributed by atoms with Gasteiger partial charge in [0.25, 0.3) is 0 Å². The van der Waals surface area contributed by atoms with E-state index in [1.54, 1.807) is 11.8 Å². The summed E-state index contributed by atoms with van der Waals surface area (Å²) in [5.74, 6) is 0.647. The zero-order chi connectivity index (χ0) is 15.2. The van der Waals surface area contributed by atoms with Gasteiger partial charge in [0, 0.05) is 25.8 Å². The maximum absolute atomic E-state index is 6.39. The summed E-state index contributed by atoms with van der Waals surface area (Å²) >= 11 is 11.7. The quantitative estimate of drug-likeness (QED) is 0.655. The molecule has 0 bridgehead atoms. The van der Waals surface area contributed by atoms with Crippen LogP contribution in [-0.4, -0.2) is 6.54 Å². The van der Waals surface area contributed by atoms with Crippen molar-refractivity contribution >= 4 is 39.3 Å². The number of nitrogens with one attached hydrogen (secondary N) is 1. The van der Waals surface area contributed by atoms with Crippen LogP contribution in [0.4, 0.5) is 0 Å². The molecule has 4 heteroatoms. The minimum absolute atomic E-state index is 0.647. The van der Waals surface area contributed by atoms with E-state index in [4.69, 9.17) is 11.6 Å². The molecule has 0 aromatic heterocycles. The normalized spacial score (nSPS) is 11.1. The summed E-state index contributed by atoms with van der Waals surface area (Å²) in [5.41, 5.74) is 1.15. The van der Waals surface area contributed by atoms with Crippen molar-refractivity contribution in [2.45, 2.75) is 30.2 Å². The van der Waals surface area contributed by atoms with E-state index in [2.05, 4.69) is 53.3 Å². The first-order valence-electron chi connectivity index (χ1n) is 6.98. The predicted molar refractivity (Wildman–Crippen MR) is 96.3 cm³/mol. The van der Waals surface area contributed by atoms with Gasteiger partial charge in [-0.15, -0.1) is 0 Å². The van der Waals surface area contributed by atoms with Crippen LogP contribution < -0.4 is 5.32 Å². The van der Waals surface area contributed by atoms with E-state index < -0.39 is 0 Å². The second-order valence-corrected chi connectivity index (χ2v) is 7.69. The minimum atomic E-state index is 0.647. The Kier molecular flexibility index (Phi) is 6.62. The first kappa shape index (κ1) is 16.9. The molecule has 2 aromatic rings. The molecular formula is C17H19BrClNS. The number of rotatable bonds is 6. The van der Waals surface area contributed by atoms with Crippen molar-refractivity contribution in [1.82, 2.24) is 5.32 Å². The zero-order valence-corrected chi connectivity index (χ0v) is 15.4. The van der Waals surface area contributed by atoms with E-state index >= 15 is 0 Å². The Balaban J connectivity index is 2.03. The minimum Gasteiger partial charge on any atom is -0.312 e. The molecule has 0 spiro atoms. The smallest absolute Gasteiger partial charge is 0.0462 e. The summed E-state index contributed by atoms with van der Waals surface area (Å²) in [7, 11) is 0. The molecule has 0 amide bonds. The van der Waals surface area contributed by atoms with Gasteiger partial charge in [-0.1, -0.05) is 55.4 Å². The highest BCUT2D eigenvalue weighted by molar-refractivity contribution is 9.10. The monoisotopic (exact) mass is 383 g/mol. The van der Waals surface area contributed by atoms with Gasteiger partial charge in [-0.05, 0) is 58.2 Å². The van der Waals surface area contributed by atoms with Gasteiger partial charge in [-0.3, -0.25) is 0 Å². The van der Waals surface area contributed by atoms with E-state index in [-0.39, 0.29) is 0 Å². The van der Waals surface area contributed by atoms with Crippen LogP contribution in [0.5, 0.6) is 0 Å². The van der Waals surface area contributed by atoms with Crippen molar-refractivity contribution in [2.75, 3.05) is 6.54 Å². The third-order valence-corrected chi connectivity index (χ3v) is 5.33. The lowest BCUT2D eigenvalue weighted by Crippen LogP contribution is -2.19. The van der Waals surface area contributed by atoms with E-state index in [0.717, 1.165) is 33.0 Å². The summed E-state index contributed by atoms with van der Waals surface area (Å²) < 4.78 is 1.11. The Hall–Kier alpha value is -0.480. The molecule has 2 rings (SSSR count). The first-order valence-corrected chi connectivity index (χ1v) is 8.96. The molecule has 0 radical (unpaired) electrons. The van der Waals surface area contributed by atoms with Crippen molar-refractivity contribution < 1.29 is 0 Å². The van der Waals surface area contributed by atoms with Crippen LogP contribution in [0.15, 0.2) is 56.7 Å². The van der Waals surface area contributed by atoms with E-state index in [1.165, 1.54) is 4.90 Å². The van der Waals surface area contributed by atoms with Gasteiger partial charge in [0.2, 0.25) is 0 Å². The molecular weight excluding hydrogens is 366 g/mol. The van der Waals surface area contributed by atoms with Gasteiger partial charge in [-0.2, -0.15) is 0 Å². The first-order chi connectivity index (χ1) is 10.1. The Morgan fingerprint density at radius 3 is 2.62 bits per heavy atom. The molecule has 0 aliphatic carbocycles. The lowest BCUT2D eigenvalue weighted by atomic mass is 10.2. The van der Waals surface area contributed by atoms with Gasteiger partial charge in [-0.25, -0.2) is 0 Å². The van der Waals surface area contributed by atoms with Crippen LogP contribution in [0.25, 0.3) is 0 Å². The molecule has 0 atom stereocenters. The molecule has 112 valence electrons. The predicted octanol–water partition coefficient (Wildman–Crippen LogP) is 6.00. The average molecular weight is 385 g/mol. The lowest BCUT2D eigenvalue weighted by Gasteiger charge is -2.10. The molecule has 0 unspecified atom stereocenters. The molecule has 0 saturated carbocycles. The third-order valence-electron chi connectivity index (χ3n) is 2.96. The van der Waals surface area contributed by atoms with Gasteiger partial charge in [0.15, 0.2) is 0 Å². The van der Waals surface area contributed by atoms with Gasteiger partial charge >= 0.3 is 0 Å². The lowest BCUT2D eigenvalue weighted by molar-refractivity contribution is 0.552. The summed E-state index contributed by atoms with van der Waals surface area (Å²) in [4.78, 5) is 2.35. The van der Waals surface area contributed by atoms with Crippen molar-refractivity contribution in [2.24, 2.45) is 5.92 Å². The molecule has 0 aliphatic heterocycles. The molecule has 21 heavy (non-hydrogen) atoms. The Morgan fingerprint density at radius 1 is 1.19 bits per heavy atom. The Morgan fingerprint density at radius 2 is 1.95 bits per heavy atom. The highest BCUT2D eigenvalue weighted by Gasteiger charge is 2.05. The van der Waals surface area contributed by atoms with Gasteiger partial charge in [0.1, 0.15) is 0 Å². The summed E-state index contributed by atoms with van der Waals surface area (Å²) in [5, 5.41) is 4.24. The van der Waals surface area contributed by atoms with Crippen molar-refractivity contribution in [3.05, 3.63) is 57.5 Å². The van der Waals surface area contributed by atoms with Crippen LogP contribution >= 0.6 is 39.3 Å². The fraction of sp³-hybridized carbons (Fsp3) is 0.294. The van der Waals surface area contributed by atoms with E-state index in [1.807, 2.05) is 24.3 Å². The maximum Gasteiger partial charge on any atom is 0.0462 e. The fourth-order valence-corrected chi connectivity index (χ4v) is 3.60. The van der Waals surface area contributed by atoms with Crippen LogP contribution in [0.1, 0.15) is 19.4 Å². The Bertz CT molecular complexity index is 601. The largest absolute Gasteiger partial charge is 0.312 e. The molecule has 0 saturated heterocycles. The number of hydrogen-bond donors (Lipinski definition) is 1. The standard InChI is InChI=1S/C17H19BrClNS/c1-12(2)10-20-11-13-7-8-14(9-16(13)19)21-17-6-4-3-5-15(17)18/h3-9,12,20H,10-11H2,1-2H3. The SMILES string of the molecule is CC(C)CNCc1ccc(Sc2ccccc2Br)cc1Cl. The van der Waals surface area contributed by atoms with Crippen LogP contribution in [0, 0.1) is 5.92 Å². The van der Waals surface area contributed by atoms with Gasteiger partial charge < -0.3 is 5.32 Å². The van der Waals surface area contributed by atoms with Crippen molar-refractivity contribution in [1.29, 1.82) is 0 Å². The zero-order valence-electron chi connectivity index (χ0n) is 12.2. The molecule has 2 aromatic carbocycles. The molecule has 0 aliphatic rings. The molecule has 1 N–H and O–H groups in total. The fourth-order valence-electron chi connectivity index (χ4n) is 1.88.